The minimum absolute atomic E-state index is 0.391. The molecule has 0 atom stereocenters. The van der Waals surface area contributed by atoms with Gasteiger partial charge >= 0.3 is 0 Å². The molecule has 1 aliphatic rings. The Morgan fingerprint density at radius 2 is 2.00 bits per heavy atom. The first-order chi connectivity index (χ1) is 4.33. The molecule has 0 aliphatic carbocycles. The van der Waals surface area contributed by atoms with Crippen molar-refractivity contribution < 1.29 is 9.63 Å². The Morgan fingerprint density at radius 3 is 2.44 bits per heavy atom. The summed E-state index contributed by atoms with van der Waals surface area (Å²) >= 11 is 0. The fourth-order valence-electron chi connectivity index (χ4n) is 1.07. The summed E-state index contributed by atoms with van der Waals surface area (Å²) < 4.78 is 5.21. The molecule has 1 fully saturated rings. The van der Waals surface area contributed by atoms with Crippen molar-refractivity contribution in [2.45, 2.75) is 18.9 Å². The molecule has 0 aromatic rings. The zero-order chi connectivity index (χ0) is 6.69. The van der Waals surface area contributed by atoms with Crippen LogP contribution in [0.5, 0.6) is 0 Å². The summed E-state index contributed by atoms with van der Waals surface area (Å²) in [4.78, 5) is 0. The van der Waals surface area contributed by atoms with Crippen LogP contribution >= 0.6 is 0 Å². The second kappa shape index (κ2) is 3.31. The van der Waals surface area contributed by atoms with E-state index in [0.29, 0.717) is 19.2 Å². The highest BCUT2D eigenvalue weighted by molar-refractivity contribution is 5.98. The lowest BCUT2D eigenvalue weighted by molar-refractivity contribution is -0.176. The van der Waals surface area contributed by atoms with Crippen molar-refractivity contribution in [3.05, 3.63) is 0 Å². The van der Waals surface area contributed by atoms with E-state index in [4.69, 9.17) is 4.43 Å². The Bertz CT molecular complexity index is 83.0. The van der Waals surface area contributed by atoms with Gasteiger partial charge in [0.1, 0.15) is 10.5 Å². The van der Waals surface area contributed by atoms with Gasteiger partial charge in [0.15, 0.2) is 0 Å². The number of hydroxylamine groups is 2. The molecule has 3 nitrogen and oxygen atoms in total. The normalized spacial score (nSPS) is 25.0. The first kappa shape index (κ1) is 7.21. The minimum atomic E-state index is 0.391. The van der Waals surface area contributed by atoms with Crippen LogP contribution < -0.4 is 0 Å². The first-order valence-electron chi connectivity index (χ1n) is 3.28. The molecule has 1 aliphatic heterocycles. The van der Waals surface area contributed by atoms with Gasteiger partial charge in [-0.2, -0.15) is 5.06 Å². The third kappa shape index (κ3) is 2.06. The SMILES string of the molecule is [O]N1CCC(O[SiH3])CC1. The topological polar surface area (TPSA) is 32.4 Å². The number of hydrogen-bond donors (Lipinski definition) is 0. The lowest BCUT2D eigenvalue weighted by atomic mass is 10.1. The summed E-state index contributed by atoms with van der Waals surface area (Å²) in [6.45, 7) is 1.32. The van der Waals surface area contributed by atoms with Gasteiger partial charge in [0.05, 0.1) is 0 Å². The third-order valence-corrected chi connectivity index (χ3v) is 2.40. The second-order valence-corrected chi connectivity index (χ2v) is 2.84. The van der Waals surface area contributed by atoms with Crippen molar-refractivity contribution in [1.29, 1.82) is 0 Å². The zero-order valence-electron chi connectivity index (χ0n) is 5.67. The van der Waals surface area contributed by atoms with E-state index in [2.05, 4.69) is 0 Å². The molecule has 0 N–H and O–H groups in total. The van der Waals surface area contributed by atoms with E-state index >= 15 is 0 Å². The van der Waals surface area contributed by atoms with Crippen molar-refractivity contribution in [3.8, 4) is 0 Å². The quantitative estimate of drug-likeness (QED) is 0.449. The molecule has 0 unspecified atom stereocenters. The van der Waals surface area contributed by atoms with Crippen LogP contribution in [0.3, 0.4) is 0 Å². The van der Waals surface area contributed by atoms with Crippen LogP contribution in [-0.4, -0.2) is 34.7 Å². The van der Waals surface area contributed by atoms with Crippen LogP contribution in [0.2, 0.25) is 0 Å². The van der Waals surface area contributed by atoms with Crippen LogP contribution in [0.15, 0.2) is 0 Å². The van der Waals surface area contributed by atoms with E-state index in [0.717, 1.165) is 28.4 Å². The summed E-state index contributed by atoms with van der Waals surface area (Å²) in [6.07, 6.45) is 2.24. The van der Waals surface area contributed by atoms with E-state index in [1.165, 1.54) is 0 Å². The van der Waals surface area contributed by atoms with Crippen LogP contribution in [-0.2, 0) is 9.63 Å². The second-order valence-electron chi connectivity index (χ2n) is 2.36. The predicted octanol–water partition coefficient (Wildman–Crippen LogP) is -0.907. The molecule has 9 heavy (non-hydrogen) atoms. The number of nitrogens with zero attached hydrogens (tertiary/aromatic N) is 1. The van der Waals surface area contributed by atoms with E-state index in [1.54, 1.807) is 0 Å². The van der Waals surface area contributed by atoms with Crippen LogP contribution in [0.1, 0.15) is 12.8 Å². The van der Waals surface area contributed by atoms with Crippen molar-refractivity contribution in [2.75, 3.05) is 13.1 Å². The Morgan fingerprint density at radius 1 is 1.44 bits per heavy atom. The van der Waals surface area contributed by atoms with Crippen LogP contribution in [0, 0.1) is 0 Å². The van der Waals surface area contributed by atoms with Gasteiger partial charge in [-0.25, -0.2) is 0 Å². The monoisotopic (exact) mass is 146 g/mol. The zero-order valence-corrected chi connectivity index (χ0v) is 7.67. The summed E-state index contributed by atoms with van der Waals surface area (Å²) in [5.74, 6) is 0. The van der Waals surface area contributed by atoms with Gasteiger partial charge in [0, 0.05) is 19.2 Å². The Labute approximate surface area is 58.1 Å². The largest absolute Gasteiger partial charge is 0.425 e. The van der Waals surface area contributed by atoms with Crippen molar-refractivity contribution in [2.24, 2.45) is 0 Å². The molecule has 0 spiro atoms. The summed E-state index contributed by atoms with van der Waals surface area (Å²) in [6, 6.07) is 0. The summed E-state index contributed by atoms with van der Waals surface area (Å²) in [5.41, 5.74) is 0. The minimum Gasteiger partial charge on any atom is -0.425 e. The molecule has 0 bridgehead atoms. The highest BCUT2D eigenvalue weighted by Gasteiger charge is 2.16. The predicted molar refractivity (Wildman–Crippen MR) is 36.3 cm³/mol. The van der Waals surface area contributed by atoms with E-state index in [1.807, 2.05) is 0 Å². The number of piperidine rings is 1. The standard InChI is InChI=1S/C5H12NO2Si/c7-6-3-1-5(8-9)2-4-6/h5H,1-4H2,9H3. The van der Waals surface area contributed by atoms with Gasteiger partial charge in [-0.3, -0.25) is 0 Å². The molecule has 1 saturated heterocycles. The van der Waals surface area contributed by atoms with Crippen molar-refractivity contribution in [1.82, 2.24) is 5.06 Å². The molecule has 0 saturated carbocycles. The fraction of sp³-hybridized carbons (Fsp3) is 1.00. The van der Waals surface area contributed by atoms with Gasteiger partial charge in [-0.1, -0.05) is 0 Å². The molecular formula is C5H12NO2Si. The van der Waals surface area contributed by atoms with Crippen LogP contribution in [0.4, 0.5) is 0 Å². The van der Waals surface area contributed by atoms with E-state index in [-0.39, 0.29) is 0 Å². The highest BCUT2D eigenvalue weighted by Crippen LogP contribution is 2.09. The highest BCUT2D eigenvalue weighted by atomic mass is 28.2. The molecule has 4 heteroatoms. The molecule has 1 heterocycles. The molecule has 1 radical (unpaired) electrons. The Hall–Kier alpha value is 0.0969. The molecule has 0 aromatic carbocycles. The Kier molecular flexibility index (Phi) is 2.65. The van der Waals surface area contributed by atoms with E-state index in [9.17, 15) is 5.21 Å². The average Bonchev–Trinajstić information content (AvgIpc) is 1.90. The fourth-order valence-corrected chi connectivity index (χ4v) is 1.54. The summed E-state index contributed by atoms with van der Waals surface area (Å²) in [5, 5.41) is 11.7. The molecule has 1 rings (SSSR count). The number of rotatable bonds is 1. The van der Waals surface area contributed by atoms with E-state index < -0.39 is 0 Å². The average molecular weight is 146 g/mol. The Balaban J connectivity index is 2.18. The third-order valence-electron chi connectivity index (χ3n) is 1.73. The first-order valence-corrected chi connectivity index (χ1v) is 4.09. The molecule has 0 aromatic heterocycles. The van der Waals surface area contributed by atoms with Gasteiger partial charge in [0.2, 0.25) is 0 Å². The molecular weight excluding hydrogens is 134 g/mol. The van der Waals surface area contributed by atoms with Gasteiger partial charge in [0.25, 0.3) is 0 Å². The summed E-state index contributed by atoms with van der Waals surface area (Å²) in [7, 11) is 0.803. The van der Waals surface area contributed by atoms with Crippen LogP contribution in [0.25, 0.3) is 0 Å². The maximum absolute atomic E-state index is 10.6. The smallest absolute Gasteiger partial charge is 0.146 e. The maximum Gasteiger partial charge on any atom is 0.146 e. The van der Waals surface area contributed by atoms with Crippen molar-refractivity contribution >= 4 is 10.5 Å². The van der Waals surface area contributed by atoms with Gasteiger partial charge < -0.3 is 4.43 Å². The maximum atomic E-state index is 10.6. The lowest BCUT2D eigenvalue weighted by Gasteiger charge is -2.24. The van der Waals surface area contributed by atoms with Crippen molar-refractivity contribution in [3.63, 3.8) is 0 Å². The van der Waals surface area contributed by atoms with Gasteiger partial charge in [-0.05, 0) is 12.8 Å². The number of hydrogen-bond acceptors (Lipinski definition) is 2. The lowest BCUT2D eigenvalue weighted by Crippen LogP contribution is -2.33. The molecule has 0 amide bonds. The van der Waals surface area contributed by atoms with Gasteiger partial charge in [-0.15, -0.1) is 5.21 Å². The molecule has 53 valence electrons.